The van der Waals surface area contributed by atoms with Gasteiger partial charge in [-0.15, -0.1) is 0 Å². The van der Waals surface area contributed by atoms with Crippen molar-refractivity contribution in [2.75, 3.05) is 17.2 Å². The Kier molecular flexibility index (Phi) is 4.96. The van der Waals surface area contributed by atoms with Gasteiger partial charge in [-0.05, 0) is 44.7 Å². The highest BCUT2D eigenvalue weighted by atomic mass is 19.4. The highest BCUT2D eigenvalue weighted by Gasteiger charge is 2.32. The average Bonchev–Trinajstić information content (AvgIpc) is 2.91. The van der Waals surface area contributed by atoms with Gasteiger partial charge >= 0.3 is 6.18 Å². The van der Waals surface area contributed by atoms with Crippen LogP contribution in [0.15, 0.2) is 12.1 Å². The van der Waals surface area contributed by atoms with Crippen LogP contribution in [-0.2, 0) is 6.18 Å². The average molecular weight is 301 g/mol. The monoisotopic (exact) mass is 301 g/mol. The summed E-state index contributed by atoms with van der Waals surface area (Å²) in [5, 5.41) is 6.00. The number of hydrogen-bond acceptors (Lipinski definition) is 3. The number of anilines is 2. The predicted octanol–water partition coefficient (Wildman–Crippen LogP) is 4.52. The normalized spacial score (nSPS) is 17.8. The lowest BCUT2D eigenvalue weighted by atomic mass is 10.00. The number of nitrogens with one attached hydrogen (secondary N) is 2. The van der Waals surface area contributed by atoms with Crippen molar-refractivity contribution < 1.29 is 13.2 Å². The Balaban J connectivity index is 2.18. The van der Waals surface area contributed by atoms with Crippen molar-refractivity contribution >= 4 is 11.6 Å². The first-order valence-electron chi connectivity index (χ1n) is 7.50. The second kappa shape index (κ2) is 6.54. The minimum atomic E-state index is -4.36. The highest BCUT2D eigenvalue weighted by molar-refractivity contribution is 5.50. The van der Waals surface area contributed by atoms with Gasteiger partial charge in [-0.2, -0.15) is 13.2 Å². The van der Waals surface area contributed by atoms with Crippen LogP contribution in [0, 0.1) is 5.92 Å². The summed E-state index contributed by atoms with van der Waals surface area (Å²) >= 11 is 0. The van der Waals surface area contributed by atoms with Crippen molar-refractivity contribution in [2.24, 2.45) is 5.92 Å². The Labute approximate surface area is 123 Å². The second-order valence-corrected chi connectivity index (χ2v) is 5.63. The van der Waals surface area contributed by atoms with Crippen LogP contribution in [0.25, 0.3) is 0 Å². The van der Waals surface area contributed by atoms with E-state index in [4.69, 9.17) is 0 Å². The SMILES string of the molecule is CCNc1cc(C(F)(F)F)cc(NC(C)C2CCCC2)n1. The second-order valence-electron chi connectivity index (χ2n) is 5.63. The molecule has 3 nitrogen and oxygen atoms in total. The van der Waals surface area contributed by atoms with Crippen LogP contribution in [0.2, 0.25) is 0 Å². The molecule has 6 heteroatoms. The lowest BCUT2D eigenvalue weighted by Crippen LogP contribution is -2.25. The van der Waals surface area contributed by atoms with Crippen LogP contribution in [0.4, 0.5) is 24.8 Å². The Morgan fingerprint density at radius 1 is 1.24 bits per heavy atom. The van der Waals surface area contributed by atoms with Gasteiger partial charge in [0.25, 0.3) is 0 Å². The molecule has 118 valence electrons. The molecule has 0 aliphatic heterocycles. The topological polar surface area (TPSA) is 37.0 Å². The number of hydrogen-bond donors (Lipinski definition) is 2. The standard InChI is InChI=1S/C15H22F3N3/c1-3-19-13-8-12(15(16,17)18)9-14(21-13)20-10(2)11-6-4-5-7-11/h8-11H,3-7H2,1-2H3,(H2,19,20,21). The molecule has 2 N–H and O–H groups in total. The quantitative estimate of drug-likeness (QED) is 0.839. The molecule has 1 unspecified atom stereocenters. The summed E-state index contributed by atoms with van der Waals surface area (Å²) in [7, 11) is 0. The summed E-state index contributed by atoms with van der Waals surface area (Å²) in [6, 6.07) is 2.28. The molecule has 1 aromatic heterocycles. The number of halogens is 3. The minimum absolute atomic E-state index is 0.137. The van der Waals surface area contributed by atoms with E-state index in [0.29, 0.717) is 18.3 Å². The lowest BCUT2D eigenvalue weighted by Gasteiger charge is -2.22. The molecule has 21 heavy (non-hydrogen) atoms. The third kappa shape index (κ3) is 4.25. The van der Waals surface area contributed by atoms with Crippen molar-refractivity contribution in [2.45, 2.75) is 51.7 Å². The summed E-state index contributed by atoms with van der Waals surface area (Å²) in [4.78, 5) is 4.23. The van der Waals surface area contributed by atoms with Crippen molar-refractivity contribution in [3.8, 4) is 0 Å². The zero-order valence-electron chi connectivity index (χ0n) is 12.4. The van der Waals surface area contributed by atoms with Crippen LogP contribution in [0.5, 0.6) is 0 Å². The molecule has 1 aliphatic carbocycles. The van der Waals surface area contributed by atoms with E-state index < -0.39 is 11.7 Å². The zero-order chi connectivity index (χ0) is 15.5. The first-order valence-corrected chi connectivity index (χ1v) is 7.50. The van der Waals surface area contributed by atoms with Crippen LogP contribution >= 0.6 is 0 Å². The maximum absolute atomic E-state index is 12.9. The molecule has 0 radical (unpaired) electrons. The van der Waals surface area contributed by atoms with E-state index in [2.05, 4.69) is 15.6 Å². The molecular weight excluding hydrogens is 279 g/mol. The van der Waals surface area contributed by atoms with E-state index in [1.165, 1.54) is 12.8 Å². The van der Waals surface area contributed by atoms with E-state index in [-0.39, 0.29) is 11.9 Å². The van der Waals surface area contributed by atoms with Gasteiger partial charge < -0.3 is 10.6 Å². The third-order valence-corrected chi connectivity index (χ3v) is 3.99. The molecule has 0 spiro atoms. The Hall–Kier alpha value is -1.46. The van der Waals surface area contributed by atoms with Gasteiger partial charge in [0.15, 0.2) is 0 Å². The largest absolute Gasteiger partial charge is 0.416 e. The Morgan fingerprint density at radius 2 is 1.86 bits per heavy atom. The van der Waals surface area contributed by atoms with E-state index in [1.54, 1.807) is 0 Å². The predicted molar refractivity (Wildman–Crippen MR) is 78.4 cm³/mol. The summed E-state index contributed by atoms with van der Waals surface area (Å²) in [5.41, 5.74) is -0.672. The molecule has 1 aliphatic rings. The molecule has 1 saturated carbocycles. The summed E-state index contributed by atoms with van der Waals surface area (Å²) in [5.74, 6) is 1.07. The summed E-state index contributed by atoms with van der Waals surface area (Å²) in [6.45, 7) is 4.38. The fourth-order valence-corrected chi connectivity index (χ4v) is 2.85. The molecule has 1 aromatic rings. The van der Waals surface area contributed by atoms with Gasteiger partial charge in [-0.3, -0.25) is 0 Å². The highest BCUT2D eigenvalue weighted by Crippen LogP contribution is 2.33. The first-order chi connectivity index (χ1) is 9.90. The van der Waals surface area contributed by atoms with Crippen molar-refractivity contribution in [3.05, 3.63) is 17.7 Å². The molecule has 2 rings (SSSR count). The van der Waals surface area contributed by atoms with Crippen molar-refractivity contribution in [3.63, 3.8) is 0 Å². The van der Waals surface area contributed by atoms with Crippen LogP contribution in [0.3, 0.4) is 0 Å². The van der Waals surface area contributed by atoms with E-state index in [1.807, 2.05) is 13.8 Å². The summed E-state index contributed by atoms with van der Waals surface area (Å²) in [6.07, 6.45) is 0.311. The zero-order valence-corrected chi connectivity index (χ0v) is 12.4. The Morgan fingerprint density at radius 3 is 2.43 bits per heavy atom. The van der Waals surface area contributed by atoms with Gasteiger partial charge in [0.1, 0.15) is 11.6 Å². The minimum Gasteiger partial charge on any atom is -0.370 e. The Bertz CT molecular complexity index is 468. The van der Waals surface area contributed by atoms with E-state index in [9.17, 15) is 13.2 Å². The molecule has 1 fully saturated rings. The van der Waals surface area contributed by atoms with Gasteiger partial charge in [-0.1, -0.05) is 12.8 Å². The van der Waals surface area contributed by atoms with Crippen molar-refractivity contribution in [1.29, 1.82) is 0 Å². The first kappa shape index (κ1) is 15.9. The number of alkyl halides is 3. The van der Waals surface area contributed by atoms with Crippen LogP contribution in [0.1, 0.15) is 45.1 Å². The van der Waals surface area contributed by atoms with Gasteiger partial charge in [0, 0.05) is 12.6 Å². The number of aromatic nitrogens is 1. The maximum atomic E-state index is 12.9. The number of nitrogens with zero attached hydrogens (tertiary/aromatic N) is 1. The summed E-state index contributed by atoms with van der Waals surface area (Å²) < 4.78 is 38.8. The van der Waals surface area contributed by atoms with Gasteiger partial charge in [0.2, 0.25) is 0 Å². The molecule has 1 atom stereocenters. The van der Waals surface area contributed by atoms with E-state index >= 15 is 0 Å². The third-order valence-electron chi connectivity index (χ3n) is 3.99. The van der Waals surface area contributed by atoms with E-state index in [0.717, 1.165) is 25.0 Å². The smallest absolute Gasteiger partial charge is 0.370 e. The lowest BCUT2D eigenvalue weighted by molar-refractivity contribution is -0.137. The molecule has 1 heterocycles. The molecular formula is C15H22F3N3. The molecule has 0 bridgehead atoms. The molecule has 0 saturated heterocycles. The van der Waals surface area contributed by atoms with Crippen LogP contribution in [-0.4, -0.2) is 17.6 Å². The molecule has 0 aromatic carbocycles. The van der Waals surface area contributed by atoms with Crippen LogP contribution < -0.4 is 10.6 Å². The fourth-order valence-electron chi connectivity index (χ4n) is 2.85. The maximum Gasteiger partial charge on any atom is 0.416 e. The van der Waals surface area contributed by atoms with Gasteiger partial charge in [0.05, 0.1) is 5.56 Å². The fraction of sp³-hybridized carbons (Fsp3) is 0.667. The number of pyridine rings is 1. The van der Waals surface area contributed by atoms with Crippen molar-refractivity contribution in [1.82, 2.24) is 4.98 Å². The van der Waals surface area contributed by atoms with Gasteiger partial charge in [-0.25, -0.2) is 4.98 Å². The number of rotatable bonds is 5. The molecule has 0 amide bonds.